The minimum atomic E-state index is -0.0489. The molecule has 0 radical (unpaired) electrons. The van der Waals surface area contributed by atoms with E-state index in [9.17, 15) is 4.79 Å². The van der Waals surface area contributed by atoms with E-state index in [2.05, 4.69) is 9.88 Å². The van der Waals surface area contributed by atoms with Crippen LogP contribution in [0, 0.1) is 0 Å². The molecule has 2 aromatic rings. The maximum Gasteiger partial charge on any atom is 0.254 e. The summed E-state index contributed by atoms with van der Waals surface area (Å²) in [7, 11) is 0. The Labute approximate surface area is 145 Å². The smallest absolute Gasteiger partial charge is 0.254 e. The summed E-state index contributed by atoms with van der Waals surface area (Å²) in [4.78, 5) is 14.3. The van der Waals surface area contributed by atoms with Crippen molar-refractivity contribution in [3.63, 3.8) is 0 Å². The first kappa shape index (κ1) is 15.9. The lowest BCUT2D eigenvalue weighted by Gasteiger charge is -2.23. The van der Waals surface area contributed by atoms with E-state index >= 15 is 0 Å². The zero-order chi connectivity index (χ0) is 16.4. The highest BCUT2D eigenvalue weighted by molar-refractivity contribution is 7.15. The van der Waals surface area contributed by atoms with E-state index < -0.39 is 0 Å². The third kappa shape index (κ3) is 3.14. The molecule has 1 saturated heterocycles. The van der Waals surface area contributed by atoms with Gasteiger partial charge in [0.25, 0.3) is 5.91 Å². The fourth-order valence-electron chi connectivity index (χ4n) is 3.39. The molecule has 0 aromatic carbocycles. The van der Waals surface area contributed by atoms with E-state index in [1.54, 1.807) is 11.3 Å². The quantitative estimate of drug-likeness (QED) is 0.926. The third-order valence-electron chi connectivity index (χ3n) is 4.59. The van der Waals surface area contributed by atoms with E-state index in [1.807, 2.05) is 24.5 Å². The molecule has 1 N–H and O–H groups in total. The van der Waals surface area contributed by atoms with Crippen LogP contribution in [0.1, 0.15) is 33.6 Å². The number of carbonyl (C=O) groups is 1. The van der Waals surface area contributed by atoms with Crippen LogP contribution in [0.2, 0.25) is 0 Å². The summed E-state index contributed by atoms with van der Waals surface area (Å²) in [5.74, 6) is 0.00673. The largest absolute Gasteiger partial charge is 0.376 e. The Kier molecular flexibility index (Phi) is 4.69. The van der Waals surface area contributed by atoms with Crippen molar-refractivity contribution in [2.24, 2.45) is 0 Å². The summed E-state index contributed by atoms with van der Waals surface area (Å²) in [5.41, 5.74) is 2.09. The molecule has 5 nitrogen and oxygen atoms in total. The molecule has 0 bridgehead atoms. The molecular weight excluding hydrogens is 324 g/mol. The molecule has 0 unspecified atom stereocenters. The Morgan fingerprint density at radius 1 is 1.25 bits per heavy atom. The Bertz CT molecular complexity index is 702. The predicted molar refractivity (Wildman–Crippen MR) is 93.2 cm³/mol. The van der Waals surface area contributed by atoms with Gasteiger partial charge in [-0.1, -0.05) is 0 Å². The van der Waals surface area contributed by atoms with Gasteiger partial charge in [-0.25, -0.2) is 0 Å². The number of aryl methyl sites for hydroxylation is 1. The summed E-state index contributed by atoms with van der Waals surface area (Å²) in [6.45, 7) is 2.28. The number of fused-ring (bicyclic) bond motifs is 1. The van der Waals surface area contributed by atoms with E-state index in [4.69, 9.17) is 9.47 Å². The molecule has 2 aromatic heterocycles. The number of ether oxygens (including phenoxy) is 2. The van der Waals surface area contributed by atoms with Crippen molar-refractivity contribution >= 4 is 17.2 Å². The lowest BCUT2D eigenvalue weighted by molar-refractivity contribution is -0.0855. The molecule has 1 aliphatic carbocycles. The van der Waals surface area contributed by atoms with Crippen LogP contribution in [0.5, 0.6) is 0 Å². The molecule has 2 aliphatic rings. The van der Waals surface area contributed by atoms with E-state index in [1.165, 1.54) is 16.9 Å². The predicted octanol–water partition coefficient (Wildman–Crippen LogP) is 2.56. The molecule has 1 amide bonds. The normalized spacial score (nSPS) is 20.6. The van der Waals surface area contributed by atoms with Crippen molar-refractivity contribution in [3.05, 3.63) is 40.5 Å². The number of nitrogens with zero attached hydrogens (tertiary/aromatic N) is 1. The highest BCUT2D eigenvalue weighted by Gasteiger charge is 2.26. The second-order valence-corrected chi connectivity index (χ2v) is 7.34. The number of hydrogen-bond acceptors (Lipinski definition) is 4. The van der Waals surface area contributed by atoms with Crippen LogP contribution in [-0.2, 0) is 22.3 Å². The zero-order valence-electron chi connectivity index (χ0n) is 13.6. The van der Waals surface area contributed by atoms with Crippen molar-refractivity contribution in [2.45, 2.75) is 31.8 Å². The molecular formula is C18H22N2O3S. The first-order valence-electron chi connectivity index (χ1n) is 8.58. The van der Waals surface area contributed by atoms with Gasteiger partial charge in [0.05, 0.1) is 31.5 Å². The standard InChI is InChI=1S/C18H22N2O3S/c21-17(19-11-13-12-22-9-10-23-13)16-14-5-1-2-6-15(14)24-18(16)20-7-3-4-8-20/h3-4,7-8,13H,1-2,5-6,9-12H2,(H,19,21)/t13-/m1/s1. The first-order valence-corrected chi connectivity index (χ1v) is 9.40. The van der Waals surface area contributed by atoms with Crippen LogP contribution in [0.25, 0.3) is 5.00 Å². The van der Waals surface area contributed by atoms with Crippen molar-refractivity contribution in [3.8, 4) is 5.00 Å². The summed E-state index contributed by atoms with van der Waals surface area (Å²) in [5, 5.41) is 4.09. The monoisotopic (exact) mass is 346 g/mol. The maximum absolute atomic E-state index is 12.9. The van der Waals surface area contributed by atoms with Gasteiger partial charge >= 0.3 is 0 Å². The SMILES string of the molecule is O=C(NC[C@@H]1COCCO1)c1c(-n2cccc2)sc2c1CCCC2. The van der Waals surface area contributed by atoms with Crippen LogP contribution in [0.4, 0.5) is 0 Å². The minimum Gasteiger partial charge on any atom is -0.376 e. The van der Waals surface area contributed by atoms with Gasteiger partial charge < -0.3 is 19.4 Å². The van der Waals surface area contributed by atoms with Gasteiger partial charge in [0.1, 0.15) is 5.00 Å². The van der Waals surface area contributed by atoms with E-state index in [-0.39, 0.29) is 12.0 Å². The highest BCUT2D eigenvalue weighted by atomic mass is 32.1. The van der Waals surface area contributed by atoms with Gasteiger partial charge in [0, 0.05) is 23.8 Å². The van der Waals surface area contributed by atoms with E-state index in [0.717, 1.165) is 29.8 Å². The summed E-state index contributed by atoms with van der Waals surface area (Å²) < 4.78 is 13.1. The average molecular weight is 346 g/mol. The van der Waals surface area contributed by atoms with Crippen molar-refractivity contribution in [1.82, 2.24) is 9.88 Å². The number of nitrogens with one attached hydrogen (secondary N) is 1. The average Bonchev–Trinajstić information content (AvgIpc) is 3.27. The van der Waals surface area contributed by atoms with Gasteiger partial charge in [-0.05, 0) is 43.4 Å². The number of aromatic nitrogens is 1. The molecule has 3 heterocycles. The Morgan fingerprint density at radius 3 is 2.88 bits per heavy atom. The third-order valence-corrected chi connectivity index (χ3v) is 5.90. The Morgan fingerprint density at radius 2 is 2.08 bits per heavy atom. The summed E-state index contributed by atoms with van der Waals surface area (Å²) in [6, 6.07) is 3.99. The van der Waals surface area contributed by atoms with Crippen LogP contribution < -0.4 is 5.32 Å². The fraction of sp³-hybridized carbons (Fsp3) is 0.500. The topological polar surface area (TPSA) is 52.5 Å². The van der Waals surface area contributed by atoms with Gasteiger partial charge in [-0.15, -0.1) is 11.3 Å². The van der Waals surface area contributed by atoms with E-state index in [0.29, 0.717) is 26.4 Å². The molecule has 1 fully saturated rings. The van der Waals surface area contributed by atoms with Gasteiger partial charge in [0.2, 0.25) is 0 Å². The first-order chi connectivity index (χ1) is 11.8. The van der Waals surface area contributed by atoms with Gasteiger partial charge in [-0.3, -0.25) is 4.79 Å². The minimum absolute atomic E-state index is 0.00673. The van der Waals surface area contributed by atoms with Crippen LogP contribution in [0.3, 0.4) is 0 Å². The van der Waals surface area contributed by atoms with Crippen LogP contribution >= 0.6 is 11.3 Å². The number of hydrogen-bond donors (Lipinski definition) is 1. The van der Waals surface area contributed by atoms with Gasteiger partial charge in [-0.2, -0.15) is 0 Å². The van der Waals surface area contributed by atoms with Gasteiger partial charge in [0.15, 0.2) is 0 Å². The zero-order valence-corrected chi connectivity index (χ0v) is 14.4. The number of amides is 1. The second-order valence-electron chi connectivity index (χ2n) is 6.26. The highest BCUT2D eigenvalue weighted by Crippen LogP contribution is 2.36. The Hall–Kier alpha value is -1.63. The van der Waals surface area contributed by atoms with Crippen molar-refractivity contribution in [2.75, 3.05) is 26.4 Å². The molecule has 24 heavy (non-hydrogen) atoms. The molecule has 1 aliphatic heterocycles. The molecule has 6 heteroatoms. The fourth-order valence-corrected chi connectivity index (χ4v) is 4.74. The Balaban J connectivity index is 1.58. The number of thiophene rings is 1. The van der Waals surface area contributed by atoms with Crippen LogP contribution in [-0.4, -0.2) is 42.9 Å². The molecule has 128 valence electrons. The second kappa shape index (κ2) is 7.09. The van der Waals surface area contributed by atoms with Crippen molar-refractivity contribution < 1.29 is 14.3 Å². The lowest BCUT2D eigenvalue weighted by atomic mass is 9.95. The van der Waals surface area contributed by atoms with Crippen LogP contribution in [0.15, 0.2) is 24.5 Å². The molecule has 4 rings (SSSR count). The lowest BCUT2D eigenvalue weighted by Crippen LogP contribution is -2.40. The summed E-state index contributed by atoms with van der Waals surface area (Å²) in [6.07, 6.45) is 8.42. The summed E-state index contributed by atoms with van der Waals surface area (Å²) >= 11 is 1.76. The molecule has 1 atom stereocenters. The maximum atomic E-state index is 12.9. The molecule has 0 saturated carbocycles. The van der Waals surface area contributed by atoms with Crippen molar-refractivity contribution in [1.29, 1.82) is 0 Å². The number of carbonyl (C=O) groups excluding carboxylic acids is 1. The number of rotatable bonds is 4. The molecule has 0 spiro atoms.